The second-order valence-electron chi connectivity index (χ2n) is 6.20. The summed E-state index contributed by atoms with van der Waals surface area (Å²) in [7, 11) is 0. The molecule has 108 valence electrons. The van der Waals surface area contributed by atoms with Crippen molar-refractivity contribution in [3.05, 3.63) is 30.1 Å². The Labute approximate surface area is 119 Å². The first-order valence-electron chi connectivity index (χ1n) is 6.86. The van der Waals surface area contributed by atoms with Gasteiger partial charge < -0.3 is 10.2 Å². The second kappa shape index (κ2) is 5.61. The molecule has 2 amide bonds. The highest BCUT2D eigenvalue weighted by atomic mass is 16.2. The molecule has 1 aromatic rings. The van der Waals surface area contributed by atoms with Crippen molar-refractivity contribution in [3.63, 3.8) is 0 Å². The van der Waals surface area contributed by atoms with Crippen LogP contribution in [-0.4, -0.2) is 34.3 Å². The first-order valence-corrected chi connectivity index (χ1v) is 6.86. The predicted molar refractivity (Wildman–Crippen MR) is 75.7 cm³/mol. The van der Waals surface area contributed by atoms with Gasteiger partial charge in [0.1, 0.15) is 6.04 Å². The molecule has 0 radical (unpaired) electrons. The van der Waals surface area contributed by atoms with Gasteiger partial charge in [-0.1, -0.05) is 26.8 Å². The lowest BCUT2D eigenvalue weighted by molar-refractivity contribution is -0.137. The molecule has 2 rings (SSSR count). The zero-order chi connectivity index (χ0) is 14.8. The van der Waals surface area contributed by atoms with Gasteiger partial charge in [-0.2, -0.15) is 0 Å². The minimum atomic E-state index is -0.485. The summed E-state index contributed by atoms with van der Waals surface area (Å²) in [6, 6.07) is 5.15. The lowest BCUT2D eigenvalue weighted by atomic mass is 9.86. The summed E-state index contributed by atoms with van der Waals surface area (Å²) in [5.41, 5.74) is 0.530. The minimum Gasteiger partial charge on any atom is -0.344 e. The average Bonchev–Trinajstić information content (AvgIpc) is 2.52. The van der Waals surface area contributed by atoms with Crippen LogP contribution in [0.15, 0.2) is 24.4 Å². The Morgan fingerprint density at radius 3 is 2.70 bits per heavy atom. The van der Waals surface area contributed by atoms with Gasteiger partial charge in [0.05, 0.1) is 12.2 Å². The van der Waals surface area contributed by atoms with Gasteiger partial charge in [0.15, 0.2) is 0 Å². The molecule has 1 atom stereocenters. The van der Waals surface area contributed by atoms with E-state index in [9.17, 15) is 9.59 Å². The van der Waals surface area contributed by atoms with Crippen LogP contribution >= 0.6 is 0 Å². The molecule has 5 nitrogen and oxygen atoms in total. The van der Waals surface area contributed by atoms with E-state index in [1.54, 1.807) is 11.1 Å². The number of amides is 2. The molecule has 1 aliphatic heterocycles. The summed E-state index contributed by atoms with van der Waals surface area (Å²) < 4.78 is 0. The standard InChI is InChI=1S/C15H21N3O2/c1-15(2,3)13-14(20)18(9-7-12(19)17-13)10-11-6-4-5-8-16-11/h4-6,8,13H,7,9-10H2,1-3H3,(H,17,19). The molecule has 0 saturated carbocycles. The van der Waals surface area contributed by atoms with Crippen LogP contribution in [0.1, 0.15) is 32.9 Å². The fraction of sp³-hybridized carbons (Fsp3) is 0.533. The molecule has 1 aliphatic rings. The maximum Gasteiger partial charge on any atom is 0.246 e. The fourth-order valence-corrected chi connectivity index (χ4v) is 2.26. The van der Waals surface area contributed by atoms with Crippen LogP contribution in [0.5, 0.6) is 0 Å². The number of carbonyl (C=O) groups is 2. The van der Waals surface area contributed by atoms with E-state index in [-0.39, 0.29) is 17.2 Å². The first-order chi connectivity index (χ1) is 9.38. The molecular formula is C15H21N3O2. The van der Waals surface area contributed by atoms with E-state index in [1.807, 2.05) is 39.0 Å². The molecule has 0 aromatic carbocycles. The number of pyridine rings is 1. The zero-order valence-corrected chi connectivity index (χ0v) is 12.2. The van der Waals surface area contributed by atoms with Crippen molar-refractivity contribution >= 4 is 11.8 Å². The fourth-order valence-electron chi connectivity index (χ4n) is 2.26. The summed E-state index contributed by atoms with van der Waals surface area (Å²) in [6.45, 7) is 6.76. The largest absolute Gasteiger partial charge is 0.344 e. The Balaban J connectivity index is 2.20. The summed E-state index contributed by atoms with van der Waals surface area (Å²) in [4.78, 5) is 30.4. The van der Waals surface area contributed by atoms with Gasteiger partial charge in [-0.3, -0.25) is 14.6 Å². The number of hydrogen-bond donors (Lipinski definition) is 1. The minimum absolute atomic E-state index is 0.0333. The number of hydrogen-bond acceptors (Lipinski definition) is 3. The predicted octanol–water partition coefficient (Wildman–Crippen LogP) is 1.34. The Bertz CT molecular complexity index is 494. The van der Waals surface area contributed by atoms with Crippen molar-refractivity contribution in [1.82, 2.24) is 15.2 Å². The zero-order valence-electron chi connectivity index (χ0n) is 12.2. The topological polar surface area (TPSA) is 62.3 Å². The van der Waals surface area contributed by atoms with Crippen molar-refractivity contribution in [2.75, 3.05) is 6.54 Å². The molecule has 1 unspecified atom stereocenters. The van der Waals surface area contributed by atoms with E-state index in [0.717, 1.165) is 5.69 Å². The van der Waals surface area contributed by atoms with E-state index >= 15 is 0 Å². The third-order valence-electron chi connectivity index (χ3n) is 3.42. The summed E-state index contributed by atoms with van der Waals surface area (Å²) in [5.74, 6) is -0.101. The van der Waals surface area contributed by atoms with Crippen molar-refractivity contribution in [1.29, 1.82) is 0 Å². The highest BCUT2D eigenvalue weighted by Gasteiger charge is 2.37. The second-order valence-corrected chi connectivity index (χ2v) is 6.20. The van der Waals surface area contributed by atoms with Gasteiger partial charge in [-0.25, -0.2) is 0 Å². The number of nitrogens with one attached hydrogen (secondary N) is 1. The van der Waals surface area contributed by atoms with Gasteiger partial charge in [-0.15, -0.1) is 0 Å². The number of aromatic nitrogens is 1. The summed E-state index contributed by atoms with van der Waals surface area (Å²) in [6.07, 6.45) is 2.05. The highest BCUT2D eigenvalue weighted by molar-refractivity contribution is 5.90. The smallest absolute Gasteiger partial charge is 0.246 e. The third-order valence-corrected chi connectivity index (χ3v) is 3.42. The van der Waals surface area contributed by atoms with Crippen molar-refractivity contribution in [2.45, 2.75) is 39.8 Å². The van der Waals surface area contributed by atoms with Crippen LogP contribution in [0.3, 0.4) is 0 Å². The SMILES string of the molecule is CC(C)(C)C1NC(=O)CCN(Cc2ccccn2)C1=O. The Morgan fingerprint density at radius 1 is 1.35 bits per heavy atom. The van der Waals surface area contributed by atoms with Gasteiger partial charge in [0, 0.05) is 19.2 Å². The van der Waals surface area contributed by atoms with Gasteiger partial charge in [-0.05, 0) is 17.5 Å². The molecule has 2 heterocycles. The van der Waals surface area contributed by atoms with Crippen molar-refractivity contribution in [3.8, 4) is 0 Å². The Hall–Kier alpha value is -1.91. The number of nitrogens with zero attached hydrogens (tertiary/aromatic N) is 2. The van der Waals surface area contributed by atoms with E-state index in [1.165, 1.54) is 0 Å². The molecule has 0 aliphatic carbocycles. The van der Waals surface area contributed by atoms with Gasteiger partial charge in [0.2, 0.25) is 11.8 Å². The van der Waals surface area contributed by atoms with Crippen molar-refractivity contribution in [2.24, 2.45) is 5.41 Å². The van der Waals surface area contributed by atoms with E-state index in [4.69, 9.17) is 0 Å². The van der Waals surface area contributed by atoms with Crippen LogP contribution in [0.2, 0.25) is 0 Å². The highest BCUT2D eigenvalue weighted by Crippen LogP contribution is 2.23. The van der Waals surface area contributed by atoms with Crippen LogP contribution in [0, 0.1) is 5.41 Å². The number of carbonyl (C=O) groups excluding carboxylic acids is 2. The Kier molecular flexibility index (Phi) is 4.06. The first kappa shape index (κ1) is 14.5. The molecule has 20 heavy (non-hydrogen) atoms. The summed E-state index contributed by atoms with van der Waals surface area (Å²) in [5, 5.41) is 2.83. The number of rotatable bonds is 2. The molecule has 0 spiro atoms. The molecule has 1 fully saturated rings. The lowest BCUT2D eigenvalue weighted by Gasteiger charge is -2.32. The van der Waals surface area contributed by atoms with Crippen LogP contribution < -0.4 is 5.32 Å². The molecule has 1 saturated heterocycles. The quantitative estimate of drug-likeness (QED) is 0.886. The lowest BCUT2D eigenvalue weighted by Crippen LogP contribution is -2.51. The Morgan fingerprint density at radius 2 is 2.10 bits per heavy atom. The van der Waals surface area contributed by atoms with E-state index < -0.39 is 6.04 Å². The summed E-state index contributed by atoms with van der Waals surface area (Å²) >= 11 is 0. The molecule has 1 N–H and O–H groups in total. The normalized spacial score (nSPS) is 20.6. The van der Waals surface area contributed by atoms with Crippen LogP contribution in [0.4, 0.5) is 0 Å². The van der Waals surface area contributed by atoms with Gasteiger partial charge >= 0.3 is 0 Å². The third kappa shape index (κ3) is 3.35. The molecule has 0 bridgehead atoms. The van der Waals surface area contributed by atoms with Gasteiger partial charge in [0.25, 0.3) is 0 Å². The van der Waals surface area contributed by atoms with Crippen LogP contribution in [0.25, 0.3) is 0 Å². The molecule has 1 aromatic heterocycles. The monoisotopic (exact) mass is 275 g/mol. The van der Waals surface area contributed by atoms with E-state index in [0.29, 0.717) is 19.5 Å². The maximum absolute atomic E-state index is 12.6. The maximum atomic E-state index is 12.6. The average molecular weight is 275 g/mol. The van der Waals surface area contributed by atoms with Crippen LogP contribution in [-0.2, 0) is 16.1 Å². The molecule has 5 heteroatoms. The van der Waals surface area contributed by atoms with E-state index in [2.05, 4.69) is 10.3 Å². The molecular weight excluding hydrogens is 254 g/mol. The van der Waals surface area contributed by atoms with Crippen molar-refractivity contribution < 1.29 is 9.59 Å².